The molecule has 0 saturated heterocycles. The summed E-state index contributed by atoms with van der Waals surface area (Å²) >= 11 is 3.59. The van der Waals surface area contributed by atoms with E-state index in [4.69, 9.17) is 4.74 Å². The predicted octanol–water partition coefficient (Wildman–Crippen LogP) is 4.79. The van der Waals surface area contributed by atoms with E-state index >= 15 is 0 Å². The second-order valence-corrected chi connectivity index (χ2v) is 7.46. The fourth-order valence-electron chi connectivity index (χ4n) is 3.88. The molecule has 0 fully saturated rings. The van der Waals surface area contributed by atoms with Gasteiger partial charge in [-0.2, -0.15) is 0 Å². The van der Waals surface area contributed by atoms with Crippen LogP contribution in [0.5, 0.6) is 5.75 Å². The molecule has 0 spiro atoms. The number of hydrogen-bond donors (Lipinski definition) is 2. The molecule has 1 aliphatic rings. The smallest absolute Gasteiger partial charge is 0.124 e. The van der Waals surface area contributed by atoms with Gasteiger partial charge in [-0.1, -0.05) is 27.6 Å². The van der Waals surface area contributed by atoms with E-state index < -0.39 is 0 Å². The first-order valence-electron chi connectivity index (χ1n) is 8.27. The molecule has 2 aromatic carbocycles. The molecule has 3 aromatic rings. The first kappa shape index (κ1) is 15.7. The van der Waals surface area contributed by atoms with Gasteiger partial charge in [-0.05, 0) is 55.7 Å². The Balaban J connectivity index is 1.94. The minimum atomic E-state index is 0.119. The lowest BCUT2D eigenvalue weighted by atomic mass is 9.93. The van der Waals surface area contributed by atoms with E-state index in [9.17, 15) is 0 Å². The number of methoxy groups -OCH3 is 1. The highest BCUT2D eigenvalue weighted by atomic mass is 79.9. The number of aromatic amines is 1. The molecule has 1 aromatic heterocycles. The van der Waals surface area contributed by atoms with E-state index in [1.54, 1.807) is 7.11 Å². The van der Waals surface area contributed by atoms with Crippen LogP contribution < -0.4 is 10.1 Å². The number of benzene rings is 2. The zero-order valence-electron chi connectivity index (χ0n) is 14.2. The van der Waals surface area contributed by atoms with Crippen LogP contribution in [0.3, 0.4) is 0 Å². The van der Waals surface area contributed by atoms with Crippen LogP contribution in [0.25, 0.3) is 10.9 Å². The lowest BCUT2D eigenvalue weighted by Crippen LogP contribution is -2.30. The lowest BCUT2D eigenvalue weighted by molar-refractivity contribution is 0.402. The van der Waals surface area contributed by atoms with E-state index in [0.29, 0.717) is 0 Å². The van der Waals surface area contributed by atoms with Crippen LogP contribution in [0.4, 0.5) is 0 Å². The molecule has 2 N–H and O–H groups in total. The summed E-state index contributed by atoms with van der Waals surface area (Å²) in [6.45, 7) is 5.31. The van der Waals surface area contributed by atoms with Gasteiger partial charge in [-0.15, -0.1) is 0 Å². The van der Waals surface area contributed by atoms with Gasteiger partial charge >= 0.3 is 0 Å². The largest absolute Gasteiger partial charge is 0.496 e. The second kappa shape index (κ2) is 5.94. The Labute approximate surface area is 150 Å². The van der Waals surface area contributed by atoms with Crippen LogP contribution >= 0.6 is 15.9 Å². The summed E-state index contributed by atoms with van der Waals surface area (Å²) in [5.74, 6) is 0.912. The van der Waals surface area contributed by atoms with E-state index in [-0.39, 0.29) is 6.04 Å². The summed E-state index contributed by atoms with van der Waals surface area (Å²) in [6, 6.07) is 10.9. The van der Waals surface area contributed by atoms with Crippen LogP contribution in [0.15, 0.2) is 34.8 Å². The van der Waals surface area contributed by atoms with Crippen LogP contribution in [0.1, 0.15) is 34.0 Å². The van der Waals surface area contributed by atoms with Crippen LogP contribution in [0, 0.1) is 13.8 Å². The molecule has 1 atom stereocenters. The van der Waals surface area contributed by atoms with Crippen molar-refractivity contribution in [3.63, 3.8) is 0 Å². The maximum absolute atomic E-state index is 5.61. The summed E-state index contributed by atoms with van der Waals surface area (Å²) in [5.41, 5.74) is 7.74. The van der Waals surface area contributed by atoms with Crippen molar-refractivity contribution < 1.29 is 4.74 Å². The molecule has 0 saturated carbocycles. The average Bonchev–Trinajstić information content (AvgIpc) is 2.94. The fraction of sp³-hybridized carbons (Fsp3) is 0.300. The predicted molar refractivity (Wildman–Crippen MR) is 102 cm³/mol. The van der Waals surface area contributed by atoms with Gasteiger partial charge in [-0.3, -0.25) is 0 Å². The molecule has 0 amide bonds. The molecule has 0 radical (unpaired) electrons. The zero-order chi connectivity index (χ0) is 16.8. The Kier molecular flexibility index (Phi) is 3.89. The Morgan fingerprint density at radius 2 is 2.00 bits per heavy atom. The number of rotatable bonds is 2. The zero-order valence-corrected chi connectivity index (χ0v) is 15.8. The van der Waals surface area contributed by atoms with Gasteiger partial charge in [0.25, 0.3) is 0 Å². The highest BCUT2D eigenvalue weighted by Gasteiger charge is 2.28. The summed E-state index contributed by atoms with van der Waals surface area (Å²) in [4.78, 5) is 3.70. The van der Waals surface area contributed by atoms with Crippen LogP contribution in [-0.4, -0.2) is 18.6 Å². The first-order valence-corrected chi connectivity index (χ1v) is 9.06. The van der Waals surface area contributed by atoms with E-state index in [2.05, 4.69) is 58.3 Å². The van der Waals surface area contributed by atoms with E-state index in [0.717, 1.165) is 28.8 Å². The number of aromatic nitrogens is 1. The number of aryl methyl sites for hydroxylation is 2. The van der Waals surface area contributed by atoms with Gasteiger partial charge in [0.05, 0.1) is 13.2 Å². The molecule has 3 nitrogen and oxygen atoms in total. The molecule has 0 bridgehead atoms. The van der Waals surface area contributed by atoms with Gasteiger partial charge in [0, 0.05) is 33.2 Å². The van der Waals surface area contributed by atoms with E-state index in [1.807, 2.05) is 12.1 Å². The van der Waals surface area contributed by atoms with Crippen molar-refractivity contribution in [2.75, 3.05) is 13.7 Å². The molecule has 2 heterocycles. The van der Waals surface area contributed by atoms with Crippen molar-refractivity contribution in [1.82, 2.24) is 10.3 Å². The fourth-order valence-corrected chi connectivity index (χ4v) is 4.26. The molecular weight excluding hydrogens is 364 g/mol. The molecule has 1 aliphatic heterocycles. The number of H-pyrrole nitrogens is 1. The number of ether oxygens (including phenoxy) is 1. The Morgan fingerprint density at radius 3 is 2.79 bits per heavy atom. The van der Waals surface area contributed by atoms with Crippen molar-refractivity contribution in [2.24, 2.45) is 0 Å². The second-order valence-electron chi connectivity index (χ2n) is 6.55. The Hall–Kier alpha value is -1.78. The van der Waals surface area contributed by atoms with Gasteiger partial charge < -0.3 is 15.0 Å². The lowest BCUT2D eigenvalue weighted by Gasteiger charge is -2.26. The van der Waals surface area contributed by atoms with Crippen molar-refractivity contribution in [1.29, 1.82) is 0 Å². The van der Waals surface area contributed by atoms with Crippen molar-refractivity contribution in [3.8, 4) is 5.75 Å². The standard InChI is InChI=1S/C20H21BrN2O/c1-11-8-12(2)18-15(9-11)14-6-7-22-19(20(14)23-18)16-10-13(21)4-5-17(16)24-3/h4-5,8-10,19,22-23H,6-7H2,1-3H3. The monoisotopic (exact) mass is 384 g/mol. The van der Waals surface area contributed by atoms with Gasteiger partial charge in [-0.25, -0.2) is 0 Å². The van der Waals surface area contributed by atoms with Gasteiger partial charge in [0.15, 0.2) is 0 Å². The Bertz CT molecular complexity index is 929. The molecule has 4 heteroatoms. The topological polar surface area (TPSA) is 37.0 Å². The third-order valence-corrected chi connectivity index (χ3v) is 5.40. The third kappa shape index (κ3) is 2.45. The highest BCUT2D eigenvalue weighted by molar-refractivity contribution is 9.10. The van der Waals surface area contributed by atoms with Crippen LogP contribution in [0.2, 0.25) is 0 Å². The SMILES string of the molecule is COc1ccc(Br)cc1C1NCCc2c1[nH]c1c(C)cc(C)cc21. The minimum absolute atomic E-state index is 0.119. The third-order valence-electron chi connectivity index (χ3n) is 4.90. The maximum atomic E-state index is 5.61. The van der Waals surface area contributed by atoms with Crippen molar-refractivity contribution in [2.45, 2.75) is 26.3 Å². The number of halogens is 1. The van der Waals surface area contributed by atoms with Crippen molar-refractivity contribution in [3.05, 3.63) is 62.8 Å². The molecule has 1 unspecified atom stereocenters. The Morgan fingerprint density at radius 1 is 1.17 bits per heavy atom. The summed E-state index contributed by atoms with van der Waals surface area (Å²) < 4.78 is 6.68. The van der Waals surface area contributed by atoms with Crippen LogP contribution in [-0.2, 0) is 6.42 Å². The maximum Gasteiger partial charge on any atom is 0.124 e. The molecule has 24 heavy (non-hydrogen) atoms. The van der Waals surface area contributed by atoms with E-state index in [1.165, 1.54) is 33.3 Å². The number of hydrogen-bond acceptors (Lipinski definition) is 2. The molecular formula is C20H21BrN2O. The van der Waals surface area contributed by atoms with Gasteiger partial charge in [0.2, 0.25) is 0 Å². The summed E-state index contributed by atoms with van der Waals surface area (Å²) in [7, 11) is 1.73. The number of nitrogens with one attached hydrogen (secondary N) is 2. The minimum Gasteiger partial charge on any atom is -0.496 e. The summed E-state index contributed by atoms with van der Waals surface area (Å²) in [5, 5.41) is 5.02. The molecule has 4 rings (SSSR count). The van der Waals surface area contributed by atoms with Crippen molar-refractivity contribution >= 4 is 26.8 Å². The normalized spacial score (nSPS) is 17.1. The summed E-state index contributed by atoms with van der Waals surface area (Å²) in [6.07, 6.45) is 1.05. The first-order chi connectivity index (χ1) is 11.6. The quantitative estimate of drug-likeness (QED) is 0.666. The average molecular weight is 385 g/mol. The number of fused-ring (bicyclic) bond motifs is 3. The molecule has 124 valence electrons. The highest BCUT2D eigenvalue weighted by Crippen LogP contribution is 2.38. The van der Waals surface area contributed by atoms with Gasteiger partial charge in [0.1, 0.15) is 5.75 Å². The molecule has 0 aliphatic carbocycles.